The molecule has 1 aromatic heterocycles. The van der Waals surface area contributed by atoms with Gasteiger partial charge in [-0.2, -0.15) is 5.10 Å². The van der Waals surface area contributed by atoms with Crippen LogP contribution in [-0.2, 0) is 7.05 Å². The third kappa shape index (κ3) is 2.00. The van der Waals surface area contributed by atoms with Gasteiger partial charge in [-0.05, 0) is 30.9 Å². The summed E-state index contributed by atoms with van der Waals surface area (Å²) in [6, 6.07) is 4.82. The van der Waals surface area contributed by atoms with Crippen LogP contribution in [0.2, 0.25) is 5.02 Å². The molecule has 3 rings (SSSR count). The van der Waals surface area contributed by atoms with Crippen molar-refractivity contribution in [3.8, 4) is 11.3 Å². The van der Waals surface area contributed by atoms with Crippen molar-refractivity contribution in [2.75, 3.05) is 5.73 Å². The number of hydrogen-bond donors (Lipinski definition) is 1. The van der Waals surface area contributed by atoms with Gasteiger partial charge in [-0.25, -0.2) is 4.39 Å². The summed E-state index contributed by atoms with van der Waals surface area (Å²) < 4.78 is 15.4. The van der Waals surface area contributed by atoms with Crippen molar-refractivity contribution in [1.82, 2.24) is 9.78 Å². The molecule has 0 atom stereocenters. The zero-order valence-electron chi connectivity index (χ0n) is 10.7. The van der Waals surface area contributed by atoms with E-state index < -0.39 is 5.82 Å². The van der Waals surface area contributed by atoms with Crippen LogP contribution in [0.15, 0.2) is 18.2 Å². The smallest absolute Gasteiger partial charge is 0.149 e. The highest BCUT2D eigenvalue weighted by atomic mass is 35.5. The van der Waals surface area contributed by atoms with Crippen LogP contribution in [0.4, 0.5) is 10.2 Å². The molecule has 0 spiro atoms. The van der Waals surface area contributed by atoms with Gasteiger partial charge in [0.15, 0.2) is 0 Å². The minimum Gasteiger partial charge on any atom is -0.382 e. The Labute approximate surface area is 116 Å². The summed E-state index contributed by atoms with van der Waals surface area (Å²) in [6.45, 7) is 0. The summed E-state index contributed by atoms with van der Waals surface area (Å²) in [6.07, 6.45) is 3.46. The molecule has 1 fully saturated rings. The van der Waals surface area contributed by atoms with Gasteiger partial charge in [-0.1, -0.05) is 24.1 Å². The highest BCUT2D eigenvalue weighted by Crippen LogP contribution is 2.44. The van der Waals surface area contributed by atoms with Gasteiger partial charge < -0.3 is 5.73 Å². The summed E-state index contributed by atoms with van der Waals surface area (Å²) in [7, 11) is 1.83. The fourth-order valence-corrected chi connectivity index (χ4v) is 2.76. The Hall–Kier alpha value is -1.55. The van der Waals surface area contributed by atoms with Gasteiger partial charge in [-0.3, -0.25) is 4.68 Å². The molecule has 1 heterocycles. The van der Waals surface area contributed by atoms with E-state index in [9.17, 15) is 4.39 Å². The standard InChI is InChI=1S/C14H15ClFN3/c1-19-13(9-5-6-10(15)11(16)7-9)12(14(17)18-19)8-3-2-4-8/h5-8H,2-4H2,1H3,(H2,17,18). The number of aryl methyl sites for hydroxylation is 1. The van der Waals surface area contributed by atoms with Crippen molar-refractivity contribution in [2.45, 2.75) is 25.2 Å². The summed E-state index contributed by atoms with van der Waals surface area (Å²) >= 11 is 5.73. The predicted octanol–water partition coefficient (Wildman–Crippen LogP) is 3.73. The van der Waals surface area contributed by atoms with E-state index in [1.165, 1.54) is 12.5 Å². The molecule has 3 nitrogen and oxygen atoms in total. The maximum atomic E-state index is 13.6. The molecule has 0 unspecified atom stereocenters. The third-order valence-corrected chi connectivity index (χ3v) is 4.13. The molecule has 0 bridgehead atoms. The van der Waals surface area contributed by atoms with Crippen molar-refractivity contribution in [3.05, 3.63) is 34.6 Å². The second-order valence-corrected chi connectivity index (χ2v) is 5.44. The zero-order chi connectivity index (χ0) is 13.6. The Morgan fingerprint density at radius 1 is 1.42 bits per heavy atom. The molecule has 100 valence electrons. The van der Waals surface area contributed by atoms with E-state index in [1.807, 2.05) is 13.1 Å². The lowest BCUT2D eigenvalue weighted by Crippen LogP contribution is -2.11. The quantitative estimate of drug-likeness (QED) is 0.910. The van der Waals surface area contributed by atoms with E-state index in [1.54, 1.807) is 10.7 Å². The molecule has 1 aliphatic carbocycles. The number of hydrogen-bond acceptors (Lipinski definition) is 2. The predicted molar refractivity (Wildman–Crippen MR) is 74.6 cm³/mol. The molecule has 0 radical (unpaired) electrons. The molecule has 2 aromatic rings. The van der Waals surface area contributed by atoms with E-state index in [0.717, 1.165) is 29.7 Å². The fraction of sp³-hybridized carbons (Fsp3) is 0.357. The Morgan fingerprint density at radius 2 is 2.16 bits per heavy atom. The monoisotopic (exact) mass is 279 g/mol. The number of nitrogen functional groups attached to an aromatic ring is 1. The molecule has 1 aromatic carbocycles. The second kappa shape index (κ2) is 4.53. The maximum absolute atomic E-state index is 13.6. The second-order valence-electron chi connectivity index (χ2n) is 5.03. The SMILES string of the molecule is Cn1nc(N)c(C2CCC2)c1-c1ccc(Cl)c(F)c1. The highest BCUT2D eigenvalue weighted by molar-refractivity contribution is 6.30. The average molecular weight is 280 g/mol. The van der Waals surface area contributed by atoms with Gasteiger partial charge in [0.1, 0.15) is 11.6 Å². The molecule has 1 saturated carbocycles. The van der Waals surface area contributed by atoms with Crippen LogP contribution in [0.25, 0.3) is 11.3 Å². The van der Waals surface area contributed by atoms with Crippen LogP contribution in [-0.4, -0.2) is 9.78 Å². The minimum absolute atomic E-state index is 0.129. The number of rotatable bonds is 2. The van der Waals surface area contributed by atoms with Crippen LogP contribution in [0.5, 0.6) is 0 Å². The van der Waals surface area contributed by atoms with Crippen molar-refractivity contribution >= 4 is 17.4 Å². The molecule has 1 aliphatic rings. The van der Waals surface area contributed by atoms with Crippen LogP contribution >= 0.6 is 11.6 Å². The first-order valence-corrected chi connectivity index (χ1v) is 6.73. The van der Waals surface area contributed by atoms with E-state index in [2.05, 4.69) is 5.10 Å². The number of aromatic nitrogens is 2. The lowest BCUT2D eigenvalue weighted by atomic mass is 9.79. The van der Waals surface area contributed by atoms with Crippen LogP contribution < -0.4 is 5.73 Å². The van der Waals surface area contributed by atoms with E-state index in [-0.39, 0.29) is 5.02 Å². The molecule has 2 N–H and O–H groups in total. The first-order chi connectivity index (χ1) is 9.08. The Bertz CT molecular complexity index is 632. The van der Waals surface area contributed by atoms with Crippen molar-refractivity contribution in [2.24, 2.45) is 7.05 Å². The third-order valence-electron chi connectivity index (χ3n) is 3.82. The fourth-order valence-electron chi connectivity index (χ4n) is 2.65. The normalized spacial score (nSPS) is 15.5. The van der Waals surface area contributed by atoms with Gasteiger partial charge in [0.05, 0.1) is 10.7 Å². The Balaban J connectivity index is 2.15. The number of halogens is 2. The molecular weight excluding hydrogens is 265 g/mol. The van der Waals surface area contributed by atoms with E-state index in [0.29, 0.717) is 11.7 Å². The van der Waals surface area contributed by atoms with E-state index >= 15 is 0 Å². The van der Waals surface area contributed by atoms with Gasteiger partial charge in [0, 0.05) is 18.2 Å². The lowest BCUT2D eigenvalue weighted by molar-refractivity contribution is 0.421. The van der Waals surface area contributed by atoms with Crippen LogP contribution in [0, 0.1) is 5.82 Å². The Kier molecular flexibility index (Phi) is 2.97. The molecule has 0 saturated heterocycles. The van der Waals surface area contributed by atoms with Gasteiger partial charge in [-0.15, -0.1) is 0 Å². The lowest BCUT2D eigenvalue weighted by Gasteiger charge is -2.26. The first-order valence-electron chi connectivity index (χ1n) is 6.35. The topological polar surface area (TPSA) is 43.8 Å². The van der Waals surface area contributed by atoms with Crippen molar-refractivity contribution in [3.63, 3.8) is 0 Å². The van der Waals surface area contributed by atoms with Crippen molar-refractivity contribution in [1.29, 1.82) is 0 Å². The van der Waals surface area contributed by atoms with Crippen LogP contribution in [0.3, 0.4) is 0 Å². The average Bonchev–Trinajstić information content (AvgIpc) is 2.57. The molecular formula is C14H15ClFN3. The first kappa shape index (κ1) is 12.5. The highest BCUT2D eigenvalue weighted by Gasteiger charge is 2.28. The summed E-state index contributed by atoms with van der Waals surface area (Å²) in [4.78, 5) is 0. The largest absolute Gasteiger partial charge is 0.382 e. The summed E-state index contributed by atoms with van der Waals surface area (Å²) in [5, 5.41) is 4.41. The zero-order valence-corrected chi connectivity index (χ0v) is 11.4. The van der Waals surface area contributed by atoms with Gasteiger partial charge in [0.2, 0.25) is 0 Å². The minimum atomic E-state index is -0.418. The molecule has 0 amide bonds. The Morgan fingerprint density at radius 3 is 2.74 bits per heavy atom. The van der Waals surface area contributed by atoms with Crippen LogP contribution in [0.1, 0.15) is 30.7 Å². The van der Waals surface area contributed by atoms with E-state index in [4.69, 9.17) is 17.3 Å². The summed E-state index contributed by atoms with van der Waals surface area (Å²) in [5.41, 5.74) is 8.73. The number of benzene rings is 1. The van der Waals surface area contributed by atoms with Crippen molar-refractivity contribution < 1.29 is 4.39 Å². The molecule has 5 heteroatoms. The van der Waals surface area contributed by atoms with Gasteiger partial charge in [0.25, 0.3) is 0 Å². The number of anilines is 1. The number of nitrogens with two attached hydrogens (primary N) is 1. The van der Waals surface area contributed by atoms with Gasteiger partial charge >= 0.3 is 0 Å². The molecule has 0 aliphatic heterocycles. The maximum Gasteiger partial charge on any atom is 0.149 e. The molecule has 19 heavy (non-hydrogen) atoms. The summed E-state index contributed by atoms with van der Waals surface area (Å²) in [5.74, 6) is 0.582. The number of nitrogens with zero attached hydrogens (tertiary/aromatic N) is 2.